The Labute approximate surface area is 52.0 Å². The first-order chi connectivity index (χ1) is 0. The molecule has 0 spiro atoms. The van der Waals surface area contributed by atoms with Crippen LogP contribution in [0.5, 0.6) is 0 Å². The minimum atomic E-state index is 0. The third kappa shape index (κ3) is 147. The van der Waals surface area contributed by atoms with Crippen LogP contribution in [0, 0.1) is 0 Å². The topological polar surface area (TPSA) is 126 Å². The molecule has 0 aromatic rings. The molecule has 6 heteroatoms. The molecule has 0 unspecified atom stereocenters. The van der Waals surface area contributed by atoms with Gasteiger partial charge in [-0.25, -0.2) is 0 Å². The molecule has 0 aliphatic heterocycles. The molecule has 8 N–H and O–H groups in total. The predicted molar refractivity (Wildman–Crippen MR) is 21.7 cm³/mol. The molecule has 0 rings (SSSR count). The Morgan fingerprint density at radius 3 is 0.500 bits per heavy atom. The van der Waals surface area contributed by atoms with Crippen molar-refractivity contribution in [3.63, 3.8) is 0 Å². The van der Waals surface area contributed by atoms with Crippen LogP contribution in [-0.4, -0.2) is 21.9 Å². The Bertz CT molecular complexity index is 7.51. The fraction of sp³-hybridized carbons (Fsp3) is 0. The first-order valence-corrected chi connectivity index (χ1v) is 0. The van der Waals surface area contributed by atoms with Crippen LogP contribution in [0.15, 0.2) is 0 Å². The summed E-state index contributed by atoms with van der Waals surface area (Å²) in [6, 6.07) is 0. The summed E-state index contributed by atoms with van der Waals surface area (Å²) < 4.78 is 0. The van der Waals surface area contributed by atoms with E-state index in [1.807, 2.05) is 0 Å². The molecular weight excluding hydrogens is 163 g/mol. The second kappa shape index (κ2) is 290. The largest absolute Gasteiger partial charge is 0.412 e. The fourth-order valence-corrected chi connectivity index (χ4v) is 0. The van der Waals surface area contributed by atoms with Crippen molar-refractivity contribution >= 4 is 12.4 Å². The molecule has 51 valence electrons. The van der Waals surface area contributed by atoms with E-state index in [2.05, 4.69) is 0 Å². The van der Waals surface area contributed by atoms with Gasteiger partial charge in [-0.1, -0.05) is 0 Å². The number of rotatable bonds is 0. The maximum Gasteiger partial charge on any atom is 0 e. The van der Waals surface area contributed by atoms with Crippen molar-refractivity contribution in [2.24, 2.45) is 0 Å². The molecule has 0 heterocycles. The Balaban J connectivity index is 0. The normalized spacial score (nSPS) is 0. The molecular formula is H9ClCuO4. The van der Waals surface area contributed by atoms with E-state index < -0.39 is 0 Å². The third-order valence-corrected chi connectivity index (χ3v) is 0. The van der Waals surface area contributed by atoms with Crippen molar-refractivity contribution in [1.29, 1.82) is 0 Å². The number of hydrogen-bond acceptors (Lipinski definition) is 0. The smallest absolute Gasteiger partial charge is 0 e. The molecule has 0 aromatic heterocycles. The van der Waals surface area contributed by atoms with Crippen LogP contribution in [0.2, 0.25) is 0 Å². The quantitative estimate of drug-likeness (QED) is 0.348. The predicted octanol–water partition coefficient (Wildman–Crippen LogP) is -2.88. The van der Waals surface area contributed by atoms with Gasteiger partial charge in [0.2, 0.25) is 0 Å². The van der Waals surface area contributed by atoms with Crippen molar-refractivity contribution in [2.45, 2.75) is 0 Å². The van der Waals surface area contributed by atoms with Crippen molar-refractivity contribution < 1.29 is 39.0 Å². The van der Waals surface area contributed by atoms with Gasteiger partial charge in [0.05, 0.1) is 0 Å². The van der Waals surface area contributed by atoms with Crippen LogP contribution in [0.4, 0.5) is 0 Å². The summed E-state index contributed by atoms with van der Waals surface area (Å²) in [6.07, 6.45) is 0. The summed E-state index contributed by atoms with van der Waals surface area (Å²) >= 11 is 0. The molecule has 0 saturated heterocycles. The van der Waals surface area contributed by atoms with E-state index >= 15 is 0 Å². The van der Waals surface area contributed by atoms with Crippen molar-refractivity contribution in [3.8, 4) is 0 Å². The molecule has 0 bridgehead atoms. The van der Waals surface area contributed by atoms with Crippen LogP contribution >= 0.6 is 12.4 Å². The molecule has 0 fully saturated rings. The molecule has 0 amide bonds. The Hall–Kier alpha value is 0.649. The van der Waals surface area contributed by atoms with Gasteiger partial charge >= 0.3 is 0 Å². The molecule has 0 aliphatic carbocycles. The second-order valence-electron chi connectivity index (χ2n) is 0. The summed E-state index contributed by atoms with van der Waals surface area (Å²) in [5.74, 6) is 0. The zero-order chi connectivity index (χ0) is 0. The van der Waals surface area contributed by atoms with Crippen molar-refractivity contribution in [2.75, 3.05) is 0 Å². The van der Waals surface area contributed by atoms with E-state index in [1.165, 1.54) is 0 Å². The first kappa shape index (κ1) is 503. The van der Waals surface area contributed by atoms with E-state index in [9.17, 15) is 0 Å². The zero-order valence-corrected chi connectivity index (χ0v) is 4.47. The summed E-state index contributed by atoms with van der Waals surface area (Å²) in [6.45, 7) is 0. The Morgan fingerprint density at radius 1 is 0.500 bits per heavy atom. The van der Waals surface area contributed by atoms with Crippen LogP contribution in [-0.2, 0) is 17.1 Å². The van der Waals surface area contributed by atoms with Gasteiger partial charge in [0.15, 0.2) is 0 Å². The first-order valence-electron chi connectivity index (χ1n) is 0. The minimum absolute atomic E-state index is 0. The Kier molecular flexibility index (Phi) is 24300. The zero-order valence-electron chi connectivity index (χ0n) is 2.71. The standard InChI is InChI=1S/ClH.Cu.4H2O/h1H;;4*1H2. The molecule has 1 radical (unpaired) electrons. The van der Waals surface area contributed by atoms with Gasteiger partial charge < -0.3 is 21.9 Å². The Morgan fingerprint density at radius 2 is 0.500 bits per heavy atom. The van der Waals surface area contributed by atoms with E-state index in [0.29, 0.717) is 0 Å². The van der Waals surface area contributed by atoms with Gasteiger partial charge in [0, 0.05) is 17.1 Å². The van der Waals surface area contributed by atoms with Crippen LogP contribution in [0.1, 0.15) is 0 Å². The van der Waals surface area contributed by atoms with Crippen molar-refractivity contribution in [1.82, 2.24) is 0 Å². The van der Waals surface area contributed by atoms with Crippen LogP contribution < -0.4 is 0 Å². The third-order valence-electron chi connectivity index (χ3n) is 0. The van der Waals surface area contributed by atoms with Gasteiger partial charge in [-0.3, -0.25) is 0 Å². The summed E-state index contributed by atoms with van der Waals surface area (Å²) in [4.78, 5) is 0. The monoisotopic (exact) mass is 171 g/mol. The second-order valence-corrected chi connectivity index (χ2v) is 0. The molecule has 6 heavy (non-hydrogen) atoms. The molecule has 0 atom stereocenters. The van der Waals surface area contributed by atoms with E-state index in [4.69, 9.17) is 0 Å². The fourth-order valence-electron chi connectivity index (χ4n) is 0. The summed E-state index contributed by atoms with van der Waals surface area (Å²) in [7, 11) is 0. The average molecular weight is 172 g/mol. The summed E-state index contributed by atoms with van der Waals surface area (Å²) in [5, 5.41) is 0. The molecule has 0 aromatic carbocycles. The number of halogens is 1. The maximum atomic E-state index is 0. The molecule has 0 aliphatic rings. The van der Waals surface area contributed by atoms with E-state index in [-0.39, 0.29) is 51.4 Å². The van der Waals surface area contributed by atoms with E-state index in [0.717, 1.165) is 0 Å². The van der Waals surface area contributed by atoms with Crippen LogP contribution in [0.3, 0.4) is 0 Å². The van der Waals surface area contributed by atoms with Crippen molar-refractivity contribution in [3.05, 3.63) is 0 Å². The summed E-state index contributed by atoms with van der Waals surface area (Å²) in [5.41, 5.74) is 0. The minimum Gasteiger partial charge on any atom is -0.412 e. The SMILES string of the molecule is Cl.O.O.O.O.[Cu]. The molecule has 4 nitrogen and oxygen atoms in total. The van der Waals surface area contributed by atoms with Gasteiger partial charge in [-0.2, -0.15) is 0 Å². The van der Waals surface area contributed by atoms with Crippen LogP contribution in [0.25, 0.3) is 0 Å². The average Bonchev–Trinajstić information content (AvgIpc) is 0. The van der Waals surface area contributed by atoms with Gasteiger partial charge in [-0.05, 0) is 0 Å². The van der Waals surface area contributed by atoms with Gasteiger partial charge in [-0.15, -0.1) is 12.4 Å². The maximum absolute atomic E-state index is 0. The number of hydrogen-bond donors (Lipinski definition) is 0. The molecule has 0 saturated carbocycles. The van der Waals surface area contributed by atoms with Gasteiger partial charge in [0.25, 0.3) is 0 Å². The van der Waals surface area contributed by atoms with E-state index in [1.54, 1.807) is 0 Å². The van der Waals surface area contributed by atoms with Gasteiger partial charge in [0.1, 0.15) is 0 Å².